The molecule has 196 valence electrons. The zero-order valence-corrected chi connectivity index (χ0v) is 29.5. The van der Waals surface area contributed by atoms with Crippen molar-refractivity contribution >= 4 is 91.6 Å². The summed E-state index contributed by atoms with van der Waals surface area (Å²) in [4.78, 5) is 2.25. The molecule has 4 rings (SSSR count). The fourth-order valence-electron chi connectivity index (χ4n) is 2.80. The maximum absolute atomic E-state index is 5.19. The van der Waals surface area contributed by atoms with E-state index < -0.39 is 0 Å². The van der Waals surface area contributed by atoms with Crippen LogP contribution in [0.2, 0.25) is 0 Å². The van der Waals surface area contributed by atoms with Crippen LogP contribution in [-0.4, -0.2) is 20.2 Å². The summed E-state index contributed by atoms with van der Waals surface area (Å²) in [5, 5.41) is 20.6. The molecule has 0 spiro atoms. The van der Waals surface area contributed by atoms with Gasteiger partial charge in [-0.15, -0.1) is 46.2 Å². The minimum absolute atomic E-state index is 0. The average molecular weight is 676 g/mol. The van der Waals surface area contributed by atoms with Gasteiger partial charge in [-0.2, -0.15) is 20.4 Å². The third kappa shape index (κ3) is 13.5. The molecule has 11 heteroatoms. The molecule has 4 nitrogen and oxygen atoms in total. The molecule has 0 fully saturated rings. The first kappa shape index (κ1) is 33.5. The number of benzene rings is 2. The molecular weight excluding hydrogens is 650 g/mol. The minimum Gasteiger partial charge on any atom is -0.752 e. The Kier molecular flexibility index (Phi) is 16.6. The van der Waals surface area contributed by atoms with Gasteiger partial charge in [0.25, 0.3) is 0 Å². The zero-order valence-electron chi connectivity index (χ0n) is 21.6. The van der Waals surface area contributed by atoms with Crippen LogP contribution in [-0.2, 0) is 56.2 Å². The monoisotopic (exact) mass is 674 g/mol. The van der Waals surface area contributed by atoms with Gasteiger partial charge in [-0.25, -0.2) is 0 Å². The van der Waals surface area contributed by atoms with Crippen LogP contribution in [0.1, 0.15) is 34.7 Å². The van der Waals surface area contributed by atoms with Crippen molar-refractivity contribution in [1.82, 2.24) is 0 Å². The fourth-order valence-corrected chi connectivity index (χ4v) is 5.74. The summed E-state index contributed by atoms with van der Waals surface area (Å²) < 4.78 is 1.14. The molecule has 0 bridgehead atoms. The number of thioether (sulfide) groups is 2. The first-order valence-electron chi connectivity index (χ1n) is 11.5. The Morgan fingerprint density at radius 3 is 1.31 bits per heavy atom. The molecule has 2 heterocycles. The van der Waals surface area contributed by atoms with Gasteiger partial charge in [0, 0.05) is 11.5 Å². The molecule has 4 aromatic rings. The van der Waals surface area contributed by atoms with Gasteiger partial charge in [0.15, 0.2) is 0 Å². The Balaban J connectivity index is 0.000000267. The molecule has 0 aliphatic carbocycles. The smallest absolute Gasteiger partial charge is 0.752 e. The molecule has 0 unspecified atom stereocenters. The molecule has 39 heavy (non-hydrogen) atoms. The molecule has 0 N–H and O–H groups in total. The van der Waals surface area contributed by atoms with Crippen molar-refractivity contribution in [1.29, 1.82) is 0 Å². The van der Waals surface area contributed by atoms with E-state index in [2.05, 4.69) is 44.7 Å². The van der Waals surface area contributed by atoms with Crippen LogP contribution in [0.3, 0.4) is 0 Å². The standard InChI is InChI=1S/2C14H14N2S3.Zn/c2*1-11(13-8-5-9-18-13)15-16-14(17)19-10-12-6-3-2-4-7-12;/h2*2-9H,10H2,1H3,(H,16,17);/q;;+2/p-2/b2*15-11+;. The molecule has 0 saturated heterocycles. The minimum atomic E-state index is 0. The topological polar surface area (TPSA) is 49.4 Å². The first-order valence-corrected chi connectivity index (χ1v) is 16.1. The molecule has 0 saturated carbocycles. The predicted molar refractivity (Wildman–Crippen MR) is 178 cm³/mol. The summed E-state index contributed by atoms with van der Waals surface area (Å²) in [5.74, 6) is 1.66. The number of nitrogens with zero attached hydrogens (tertiary/aromatic N) is 4. The van der Waals surface area contributed by atoms with Gasteiger partial charge in [-0.3, -0.25) is 0 Å². The second-order valence-corrected chi connectivity index (χ2v) is 12.7. The van der Waals surface area contributed by atoms with Crippen LogP contribution in [0.25, 0.3) is 0 Å². The van der Waals surface area contributed by atoms with E-state index in [0.717, 1.165) is 32.7 Å². The van der Waals surface area contributed by atoms with Gasteiger partial charge in [0.2, 0.25) is 0 Å². The molecule has 0 atom stereocenters. The van der Waals surface area contributed by atoms with Crippen LogP contribution >= 0.6 is 46.2 Å². The van der Waals surface area contributed by atoms with E-state index >= 15 is 0 Å². The van der Waals surface area contributed by atoms with E-state index in [1.165, 1.54) is 34.7 Å². The number of hydrogen-bond donors (Lipinski definition) is 0. The van der Waals surface area contributed by atoms with Gasteiger partial charge in [0.05, 0.1) is 21.2 Å². The van der Waals surface area contributed by atoms with E-state index in [-0.39, 0.29) is 19.5 Å². The van der Waals surface area contributed by atoms with Crippen LogP contribution < -0.4 is 0 Å². The van der Waals surface area contributed by atoms with Crippen molar-refractivity contribution in [2.75, 3.05) is 0 Å². The Labute approximate surface area is 271 Å². The fraction of sp³-hybridized carbons (Fsp3) is 0.143. The summed E-state index contributed by atoms with van der Waals surface area (Å²) >= 11 is 16.8. The van der Waals surface area contributed by atoms with Crippen molar-refractivity contribution in [3.05, 3.63) is 117 Å². The number of hydrogen-bond acceptors (Lipinski definition) is 10. The normalized spacial score (nSPS) is 12.4. The number of thiophene rings is 2. The van der Waals surface area contributed by atoms with Gasteiger partial charge in [-0.05, 0) is 56.6 Å². The Morgan fingerprint density at radius 2 is 0.974 bits per heavy atom. The summed E-state index contributed by atoms with van der Waals surface area (Å²) in [6, 6.07) is 28.5. The van der Waals surface area contributed by atoms with E-state index in [9.17, 15) is 0 Å². The first-order chi connectivity index (χ1) is 18.5. The average Bonchev–Trinajstić information content (AvgIpc) is 3.69. The van der Waals surface area contributed by atoms with Gasteiger partial charge in [0.1, 0.15) is 0 Å². The SMILES string of the molecule is C/C(=N\N=C(/[S-])SCc1ccccc1)c1cccs1.C/C(=N\N=C(/[S-])SCc1ccccc1)c1cccs1.[Zn+2]. The molecule has 2 aromatic heterocycles. The largest absolute Gasteiger partial charge is 2.00 e. The molecule has 2 aromatic carbocycles. The second-order valence-electron chi connectivity index (χ2n) is 7.61. The van der Waals surface area contributed by atoms with Crippen molar-refractivity contribution in [3.63, 3.8) is 0 Å². The van der Waals surface area contributed by atoms with Gasteiger partial charge in [-0.1, -0.05) is 72.8 Å². The van der Waals surface area contributed by atoms with Crippen molar-refractivity contribution in [2.24, 2.45) is 20.4 Å². The third-order valence-electron chi connectivity index (χ3n) is 4.73. The third-order valence-corrected chi connectivity index (χ3v) is 9.17. The van der Waals surface area contributed by atoms with E-state index in [1.54, 1.807) is 22.7 Å². The van der Waals surface area contributed by atoms with Crippen LogP contribution in [0, 0.1) is 0 Å². The predicted octanol–water partition coefficient (Wildman–Crippen LogP) is 8.61. The van der Waals surface area contributed by atoms with Crippen LogP contribution in [0.4, 0.5) is 0 Å². The quantitative estimate of drug-likeness (QED) is 0.0617. The summed E-state index contributed by atoms with van der Waals surface area (Å²) in [6.45, 7) is 3.89. The van der Waals surface area contributed by atoms with Gasteiger partial charge < -0.3 is 25.3 Å². The molecule has 0 aliphatic rings. The van der Waals surface area contributed by atoms with Crippen molar-refractivity contribution in [2.45, 2.75) is 25.4 Å². The maximum Gasteiger partial charge on any atom is 2.00 e. The molecule has 0 amide bonds. The Morgan fingerprint density at radius 1 is 0.590 bits per heavy atom. The van der Waals surface area contributed by atoms with Crippen molar-refractivity contribution < 1.29 is 19.5 Å². The van der Waals surface area contributed by atoms with Crippen LogP contribution in [0.5, 0.6) is 0 Å². The number of rotatable bonds is 8. The molecule has 0 radical (unpaired) electrons. The second kappa shape index (κ2) is 19.4. The molecular formula is C28H26N4S6Zn. The Hall–Kier alpha value is -1.72. The Bertz CT molecular complexity index is 1230. The van der Waals surface area contributed by atoms with E-state index in [0.29, 0.717) is 8.75 Å². The maximum atomic E-state index is 5.19. The van der Waals surface area contributed by atoms with E-state index in [4.69, 9.17) is 25.3 Å². The van der Waals surface area contributed by atoms with Crippen LogP contribution in [0.15, 0.2) is 116 Å². The summed E-state index contributed by atoms with van der Waals surface area (Å²) in [7, 11) is 0. The summed E-state index contributed by atoms with van der Waals surface area (Å²) in [6.07, 6.45) is 0. The zero-order chi connectivity index (χ0) is 27.0. The van der Waals surface area contributed by atoms with Gasteiger partial charge >= 0.3 is 19.5 Å². The molecule has 0 aliphatic heterocycles. The van der Waals surface area contributed by atoms with Crippen molar-refractivity contribution in [3.8, 4) is 0 Å². The van der Waals surface area contributed by atoms with E-state index in [1.807, 2.05) is 85.3 Å². The summed E-state index contributed by atoms with van der Waals surface area (Å²) in [5.41, 5.74) is 4.28.